The Morgan fingerprint density at radius 1 is 0.804 bits per heavy atom. The van der Waals surface area contributed by atoms with Crippen LogP contribution in [-0.4, -0.2) is 74.7 Å². The molecule has 3 aromatic rings. The van der Waals surface area contributed by atoms with Gasteiger partial charge in [-0.05, 0) is 36.1 Å². The zero-order valence-corrected chi connectivity index (χ0v) is 27.2. The first-order valence-corrected chi connectivity index (χ1v) is 15.0. The fourth-order valence-corrected chi connectivity index (χ4v) is 5.04. The minimum absolute atomic E-state index is 0.0269. The summed E-state index contributed by atoms with van der Waals surface area (Å²) in [5, 5.41) is 30.5. The lowest BCUT2D eigenvalue weighted by Crippen LogP contribution is -2.60. The van der Waals surface area contributed by atoms with E-state index >= 15 is 0 Å². The summed E-state index contributed by atoms with van der Waals surface area (Å²) in [4.78, 5) is 27.2. The number of rotatable bonds is 17. The van der Waals surface area contributed by atoms with Gasteiger partial charge in [0.1, 0.15) is 23.6 Å². The van der Waals surface area contributed by atoms with Crippen LogP contribution in [0.25, 0.3) is 0 Å². The molecule has 3 aromatic carbocycles. The highest BCUT2D eigenvalue weighted by Gasteiger charge is 2.35. The highest BCUT2D eigenvalue weighted by Crippen LogP contribution is 2.39. The van der Waals surface area contributed by atoms with Gasteiger partial charge >= 0.3 is 0 Å². The molecule has 250 valence electrons. The van der Waals surface area contributed by atoms with Crippen molar-refractivity contribution in [1.29, 1.82) is 0 Å². The molecule has 0 spiro atoms. The molecular formula is C34H46N4O8. The van der Waals surface area contributed by atoms with E-state index in [1.165, 1.54) is 34.5 Å². The number of aromatic hydroxyl groups is 1. The van der Waals surface area contributed by atoms with E-state index in [1.807, 2.05) is 30.3 Å². The fraction of sp³-hybridized carbons (Fsp3) is 0.412. The van der Waals surface area contributed by atoms with Gasteiger partial charge in [0.2, 0.25) is 17.6 Å². The molecule has 0 radical (unpaired) electrons. The van der Waals surface area contributed by atoms with Crippen molar-refractivity contribution in [2.45, 2.75) is 57.6 Å². The number of nitrogens with two attached hydrogens (primary N) is 1. The molecule has 0 aromatic heterocycles. The number of benzene rings is 3. The largest absolute Gasteiger partial charge is 0.507 e. The molecule has 0 saturated carbocycles. The Balaban J connectivity index is 1.83. The maximum absolute atomic E-state index is 13.9. The molecule has 46 heavy (non-hydrogen) atoms. The Morgan fingerprint density at radius 2 is 1.48 bits per heavy atom. The number of amides is 2. The van der Waals surface area contributed by atoms with Gasteiger partial charge in [-0.2, -0.15) is 0 Å². The van der Waals surface area contributed by atoms with Crippen molar-refractivity contribution < 1.29 is 38.7 Å². The smallest absolute Gasteiger partial charge is 0.243 e. The van der Waals surface area contributed by atoms with Crippen molar-refractivity contribution in [2.24, 2.45) is 11.7 Å². The summed E-state index contributed by atoms with van der Waals surface area (Å²) in [7, 11) is 5.99. The number of phenols is 1. The third-order valence-electron chi connectivity index (χ3n) is 7.67. The van der Waals surface area contributed by atoms with Gasteiger partial charge in [-0.15, -0.1) is 0 Å². The van der Waals surface area contributed by atoms with Crippen LogP contribution in [0.2, 0.25) is 0 Å². The summed E-state index contributed by atoms with van der Waals surface area (Å²) >= 11 is 0. The van der Waals surface area contributed by atoms with Crippen LogP contribution in [0.5, 0.6) is 28.7 Å². The van der Waals surface area contributed by atoms with Crippen molar-refractivity contribution >= 4 is 11.8 Å². The molecule has 0 heterocycles. The molecule has 0 fully saturated rings. The van der Waals surface area contributed by atoms with Gasteiger partial charge < -0.3 is 45.5 Å². The Morgan fingerprint density at radius 3 is 2.07 bits per heavy atom. The van der Waals surface area contributed by atoms with E-state index in [-0.39, 0.29) is 24.8 Å². The topological polar surface area (TPSA) is 174 Å². The summed E-state index contributed by atoms with van der Waals surface area (Å²) in [6.45, 7) is 3.71. The standard InChI is InChI=1S/C34H46N4O8/c1-20(2)28(33(41)37-18-22-12-14-24(43-3)17-26(22)39)38-34(42)29(30(40)25(35)16-21-10-8-7-9-11-21)36-19-23-13-15-27(44-4)32(46-6)31(23)45-5/h7-15,17,20,25,28-30,36,39-40H,16,18-19,35H2,1-6H3,(H,37,41)(H,38,42)/t25-,28-,29+,30+/m0/s1. The Labute approximate surface area is 270 Å². The van der Waals surface area contributed by atoms with Gasteiger partial charge in [-0.25, -0.2) is 0 Å². The maximum Gasteiger partial charge on any atom is 0.243 e. The molecule has 0 unspecified atom stereocenters. The second-order valence-electron chi connectivity index (χ2n) is 11.1. The summed E-state index contributed by atoms with van der Waals surface area (Å²) in [5.74, 6) is 0.317. The highest BCUT2D eigenvalue weighted by molar-refractivity contribution is 5.90. The highest BCUT2D eigenvalue weighted by atomic mass is 16.5. The van der Waals surface area contributed by atoms with Crippen LogP contribution in [0.15, 0.2) is 60.7 Å². The first-order chi connectivity index (χ1) is 22.0. The lowest BCUT2D eigenvalue weighted by molar-refractivity contribution is -0.133. The molecule has 0 bridgehead atoms. The van der Waals surface area contributed by atoms with Gasteiger partial charge in [0, 0.05) is 36.3 Å². The second kappa shape index (κ2) is 17.2. The first-order valence-electron chi connectivity index (χ1n) is 15.0. The predicted molar refractivity (Wildman–Crippen MR) is 174 cm³/mol. The molecule has 0 saturated heterocycles. The Hall–Kier alpha value is -4.52. The van der Waals surface area contributed by atoms with E-state index in [1.54, 1.807) is 38.1 Å². The minimum Gasteiger partial charge on any atom is -0.507 e. The van der Waals surface area contributed by atoms with Gasteiger partial charge in [0.15, 0.2) is 11.5 Å². The number of hydrogen-bond acceptors (Lipinski definition) is 10. The van der Waals surface area contributed by atoms with Crippen molar-refractivity contribution in [1.82, 2.24) is 16.0 Å². The molecule has 12 nitrogen and oxygen atoms in total. The van der Waals surface area contributed by atoms with Gasteiger partial charge in [0.25, 0.3) is 0 Å². The van der Waals surface area contributed by atoms with E-state index in [0.717, 1.165) is 5.56 Å². The monoisotopic (exact) mass is 638 g/mol. The average Bonchev–Trinajstić information content (AvgIpc) is 3.06. The molecule has 0 aliphatic heterocycles. The molecule has 12 heteroatoms. The van der Waals surface area contributed by atoms with Crippen LogP contribution >= 0.6 is 0 Å². The third kappa shape index (κ3) is 9.25. The number of ether oxygens (including phenoxy) is 4. The molecular weight excluding hydrogens is 592 g/mol. The number of carbonyl (C=O) groups excluding carboxylic acids is 2. The normalized spacial score (nSPS) is 13.7. The van der Waals surface area contributed by atoms with E-state index in [2.05, 4.69) is 16.0 Å². The molecule has 3 rings (SSSR count). The summed E-state index contributed by atoms with van der Waals surface area (Å²) < 4.78 is 21.6. The summed E-state index contributed by atoms with van der Waals surface area (Å²) in [5.41, 5.74) is 8.47. The second-order valence-corrected chi connectivity index (χ2v) is 11.1. The summed E-state index contributed by atoms with van der Waals surface area (Å²) in [6, 6.07) is 14.7. The summed E-state index contributed by atoms with van der Waals surface area (Å²) in [6.07, 6.45) is -1.02. The van der Waals surface area contributed by atoms with Gasteiger partial charge in [-0.3, -0.25) is 14.9 Å². The lowest BCUT2D eigenvalue weighted by Gasteiger charge is -2.30. The van der Waals surface area contributed by atoms with Gasteiger partial charge in [0.05, 0.1) is 34.5 Å². The lowest BCUT2D eigenvalue weighted by atomic mass is 9.95. The number of aliphatic hydroxyl groups is 1. The maximum atomic E-state index is 13.9. The van der Waals surface area contributed by atoms with E-state index in [9.17, 15) is 19.8 Å². The van der Waals surface area contributed by atoms with Crippen LogP contribution in [0, 0.1) is 5.92 Å². The Bertz CT molecular complexity index is 1440. The van der Waals surface area contributed by atoms with Crippen LogP contribution in [0.4, 0.5) is 0 Å². The molecule has 2 amide bonds. The van der Waals surface area contributed by atoms with Crippen molar-refractivity contribution in [2.75, 3.05) is 28.4 Å². The number of phenolic OH excluding ortho intramolecular Hbond substituents is 1. The Kier molecular flexibility index (Phi) is 13.5. The zero-order chi connectivity index (χ0) is 33.8. The average molecular weight is 639 g/mol. The third-order valence-corrected chi connectivity index (χ3v) is 7.67. The van der Waals surface area contributed by atoms with Crippen LogP contribution in [-0.2, 0) is 29.1 Å². The van der Waals surface area contributed by atoms with E-state index in [0.29, 0.717) is 40.5 Å². The van der Waals surface area contributed by atoms with Crippen LogP contribution < -0.4 is 40.6 Å². The predicted octanol–water partition coefficient (Wildman–Crippen LogP) is 2.27. The van der Waals surface area contributed by atoms with E-state index in [4.69, 9.17) is 24.7 Å². The molecule has 0 aliphatic rings. The fourth-order valence-electron chi connectivity index (χ4n) is 5.04. The first kappa shape index (κ1) is 36.0. The minimum atomic E-state index is -1.33. The zero-order valence-electron chi connectivity index (χ0n) is 27.2. The van der Waals surface area contributed by atoms with Crippen LogP contribution in [0.3, 0.4) is 0 Å². The van der Waals surface area contributed by atoms with Crippen molar-refractivity contribution in [3.05, 3.63) is 77.4 Å². The molecule has 7 N–H and O–H groups in total. The number of methoxy groups -OCH3 is 4. The van der Waals surface area contributed by atoms with E-state index < -0.39 is 36.0 Å². The molecule has 4 atom stereocenters. The molecule has 0 aliphatic carbocycles. The van der Waals surface area contributed by atoms with Crippen LogP contribution in [0.1, 0.15) is 30.5 Å². The van der Waals surface area contributed by atoms with Gasteiger partial charge in [-0.1, -0.05) is 50.2 Å². The van der Waals surface area contributed by atoms with Crippen molar-refractivity contribution in [3.63, 3.8) is 0 Å². The SMILES string of the molecule is COc1ccc(CNC(=O)[C@@H](NC(=O)[C@H](NCc2ccc(OC)c(OC)c2OC)[C@H](O)[C@@H](N)Cc2ccccc2)C(C)C)c(O)c1. The van der Waals surface area contributed by atoms with Crippen molar-refractivity contribution in [3.8, 4) is 28.7 Å². The number of hydrogen-bond donors (Lipinski definition) is 6. The number of nitrogens with one attached hydrogen (secondary N) is 3. The number of carbonyl (C=O) groups is 2. The quantitative estimate of drug-likeness (QED) is 0.129. The number of aliphatic hydroxyl groups excluding tert-OH is 1.